The van der Waals surface area contributed by atoms with Gasteiger partial charge in [0.1, 0.15) is 11.0 Å². The van der Waals surface area contributed by atoms with E-state index in [1.165, 1.54) is 6.07 Å². The molecule has 134 valence electrons. The average molecular weight is 390 g/mol. The van der Waals surface area contributed by atoms with Gasteiger partial charge in [0.2, 0.25) is 0 Å². The van der Waals surface area contributed by atoms with Gasteiger partial charge in [-0.2, -0.15) is 13.2 Å². The molecule has 3 rings (SSSR count). The van der Waals surface area contributed by atoms with Crippen LogP contribution in [0.15, 0.2) is 36.4 Å². The lowest BCUT2D eigenvalue weighted by Gasteiger charge is -2.36. The Kier molecular flexibility index (Phi) is 5.41. The van der Waals surface area contributed by atoms with Crippen LogP contribution in [0.3, 0.4) is 0 Å². The smallest absolute Gasteiger partial charge is 0.353 e. The molecule has 2 heterocycles. The highest BCUT2D eigenvalue weighted by molar-refractivity contribution is 6.31. The van der Waals surface area contributed by atoms with Crippen LogP contribution in [0.2, 0.25) is 10.2 Å². The first-order chi connectivity index (χ1) is 11.8. The third kappa shape index (κ3) is 4.37. The normalized spacial score (nSPS) is 16.3. The molecule has 0 atom stereocenters. The van der Waals surface area contributed by atoms with Gasteiger partial charge in [0.25, 0.3) is 0 Å². The summed E-state index contributed by atoms with van der Waals surface area (Å²) in [5.74, 6) is -0.0996. The molecule has 1 aliphatic heterocycles. The van der Waals surface area contributed by atoms with Crippen molar-refractivity contribution in [3.63, 3.8) is 0 Å². The molecule has 25 heavy (non-hydrogen) atoms. The molecule has 8 heteroatoms. The molecule has 0 bridgehead atoms. The van der Waals surface area contributed by atoms with Crippen molar-refractivity contribution in [3.8, 4) is 0 Å². The molecule has 1 fully saturated rings. The van der Waals surface area contributed by atoms with Crippen molar-refractivity contribution in [3.05, 3.63) is 57.7 Å². The van der Waals surface area contributed by atoms with E-state index in [1.54, 1.807) is 4.90 Å². The van der Waals surface area contributed by atoms with Crippen LogP contribution in [0.25, 0.3) is 0 Å². The van der Waals surface area contributed by atoms with Crippen LogP contribution in [-0.2, 0) is 12.7 Å². The first-order valence-corrected chi connectivity index (χ1v) is 8.54. The van der Waals surface area contributed by atoms with Gasteiger partial charge >= 0.3 is 6.18 Å². The molecular formula is C17H16Cl2F3N3. The SMILES string of the molecule is FC(F)(F)c1ccc(Cl)nc1N1CCN(Cc2ccccc2Cl)CC1. The van der Waals surface area contributed by atoms with Crippen molar-refractivity contribution in [1.82, 2.24) is 9.88 Å². The molecular weight excluding hydrogens is 374 g/mol. The van der Waals surface area contributed by atoms with E-state index in [9.17, 15) is 13.2 Å². The largest absolute Gasteiger partial charge is 0.419 e. The minimum atomic E-state index is -4.46. The van der Waals surface area contributed by atoms with E-state index in [-0.39, 0.29) is 11.0 Å². The van der Waals surface area contributed by atoms with E-state index >= 15 is 0 Å². The maximum atomic E-state index is 13.2. The van der Waals surface area contributed by atoms with Crippen LogP contribution in [0.5, 0.6) is 0 Å². The fourth-order valence-electron chi connectivity index (χ4n) is 2.87. The lowest BCUT2D eigenvalue weighted by atomic mass is 10.2. The Balaban J connectivity index is 1.71. The summed E-state index contributed by atoms with van der Waals surface area (Å²) in [4.78, 5) is 7.72. The quantitative estimate of drug-likeness (QED) is 0.707. The molecule has 1 aliphatic rings. The Morgan fingerprint density at radius 2 is 1.64 bits per heavy atom. The van der Waals surface area contributed by atoms with Gasteiger partial charge in [-0.1, -0.05) is 41.4 Å². The molecule has 1 aromatic heterocycles. The van der Waals surface area contributed by atoms with Gasteiger partial charge in [0, 0.05) is 37.7 Å². The third-order valence-electron chi connectivity index (χ3n) is 4.17. The summed E-state index contributed by atoms with van der Waals surface area (Å²) in [7, 11) is 0. The maximum Gasteiger partial charge on any atom is 0.419 e. The summed E-state index contributed by atoms with van der Waals surface area (Å²) in [6, 6.07) is 9.73. The van der Waals surface area contributed by atoms with Crippen LogP contribution in [0, 0.1) is 0 Å². The molecule has 0 aliphatic carbocycles. The van der Waals surface area contributed by atoms with Gasteiger partial charge in [0.05, 0.1) is 5.56 Å². The van der Waals surface area contributed by atoms with Crippen LogP contribution in [-0.4, -0.2) is 36.1 Å². The van der Waals surface area contributed by atoms with Gasteiger partial charge in [-0.3, -0.25) is 4.90 Å². The number of nitrogens with zero attached hydrogens (tertiary/aromatic N) is 3. The Labute approximate surface area is 154 Å². The molecule has 1 saturated heterocycles. The lowest BCUT2D eigenvalue weighted by Crippen LogP contribution is -2.46. The number of benzene rings is 1. The molecule has 0 saturated carbocycles. The molecule has 1 aromatic carbocycles. The van der Waals surface area contributed by atoms with Crippen molar-refractivity contribution >= 4 is 29.0 Å². The number of rotatable bonds is 3. The molecule has 3 nitrogen and oxygen atoms in total. The topological polar surface area (TPSA) is 19.4 Å². The average Bonchev–Trinajstić information content (AvgIpc) is 2.56. The van der Waals surface area contributed by atoms with Gasteiger partial charge in [0.15, 0.2) is 0 Å². The zero-order valence-electron chi connectivity index (χ0n) is 13.2. The van der Waals surface area contributed by atoms with Crippen molar-refractivity contribution in [1.29, 1.82) is 0 Å². The highest BCUT2D eigenvalue weighted by atomic mass is 35.5. The lowest BCUT2D eigenvalue weighted by molar-refractivity contribution is -0.137. The molecule has 0 amide bonds. The van der Waals surface area contributed by atoms with Crippen molar-refractivity contribution in [2.45, 2.75) is 12.7 Å². The fraction of sp³-hybridized carbons (Fsp3) is 0.353. The zero-order chi connectivity index (χ0) is 18.0. The van der Waals surface area contributed by atoms with Gasteiger partial charge in [-0.15, -0.1) is 0 Å². The second-order valence-corrected chi connectivity index (χ2v) is 6.65. The van der Waals surface area contributed by atoms with Crippen LogP contribution in [0.4, 0.5) is 19.0 Å². The Morgan fingerprint density at radius 1 is 0.960 bits per heavy atom. The van der Waals surface area contributed by atoms with E-state index in [0.29, 0.717) is 37.7 Å². The highest BCUT2D eigenvalue weighted by Crippen LogP contribution is 2.36. The van der Waals surface area contributed by atoms with E-state index in [4.69, 9.17) is 23.2 Å². The van der Waals surface area contributed by atoms with Crippen molar-refractivity contribution in [2.24, 2.45) is 0 Å². The molecule has 0 N–H and O–H groups in total. The number of pyridine rings is 1. The predicted molar refractivity (Wildman–Crippen MR) is 93.2 cm³/mol. The first kappa shape index (κ1) is 18.3. The Morgan fingerprint density at radius 3 is 2.28 bits per heavy atom. The van der Waals surface area contributed by atoms with Crippen molar-refractivity contribution in [2.75, 3.05) is 31.1 Å². The van der Waals surface area contributed by atoms with Crippen LogP contribution in [0.1, 0.15) is 11.1 Å². The van der Waals surface area contributed by atoms with Gasteiger partial charge in [-0.05, 0) is 23.8 Å². The summed E-state index contributed by atoms with van der Waals surface area (Å²) in [5.41, 5.74) is 0.255. The Hall–Kier alpha value is -1.50. The first-order valence-electron chi connectivity index (χ1n) is 7.79. The second kappa shape index (κ2) is 7.40. The number of hydrogen-bond acceptors (Lipinski definition) is 3. The molecule has 0 spiro atoms. The molecule has 0 unspecified atom stereocenters. The highest BCUT2D eigenvalue weighted by Gasteiger charge is 2.36. The molecule has 0 radical (unpaired) electrons. The number of halogens is 5. The Bertz CT molecular complexity index is 744. The van der Waals surface area contributed by atoms with E-state index in [0.717, 1.165) is 11.6 Å². The predicted octanol–water partition coefficient (Wildman–Crippen LogP) is 4.73. The number of hydrogen-bond donors (Lipinski definition) is 0. The maximum absolute atomic E-state index is 13.2. The van der Waals surface area contributed by atoms with Crippen LogP contribution < -0.4 is 4.90 Å². The van der Waals surface area contributed by atoms with Gasteiger partial charge < -0.3 is 4.90 Å². The number of aromatic nitrogens is 1. The number of alkyl halides is 3. The van der Waals surface area contributed by atoms with Crippen molar-refractivity contribution < 1.29 is 13.2 Å². The minimum Gasteiger partial charge on any atom is -0.353 e. The number of anilines is 1. The monoisotopic (exact) mass is 389 g/mol. The summed E-state index contributed by atoms with van der Waals surface area (Å²) in [6.07, 6.45) is -4.46. The van der Waals surface area contributed by atoms with E-state index in [2.05, 4.69) is 9.88 Å². The minimum absolute atomic E-state index is 0.0569. The van der Waals surface area contributed by atoms with Crippen LogP contribution >= 0.6 is 23.2 Å². The third-order valence-corrected chi connectivity index (χ3v) is 4.75. The summed E-state index contributed by atoms with van der Waals surface area (Å²) in [5, 5.41) is 0.752. The van der Waals surface area contributed by atoms with E-state index < -0.39 is 11.7 Å². The second-order valence-electron chi connectivity index (χ2n) is 5.86. The van der Waals surface area contributed by atoms with Gasteiger partial charge in [-0.25, -0.2) is 4.98 Å². The standard InChI is InChI=1S/C17H16Cl2F3N3/c18-14-4-2-1-3-12(14)11-24-7-9-25(10-8-24)16-13(17(20,21)22)5-6-15(19)23-16/h1-6H,7-11H2. The summed E-state index contributed by atoms with van der Waals surface area (Å²) < 4.78 is 39.6. The number of piperazine rings is 1. The zero-order valence-corrected chi connectivity index (χ0v) is 14.7. The summed E-state index contributed by atoms with van der Waals surface area (Å²) >= 11 is 12.0. The molecule has 2 aromatic rings. The summed E-state index contributed by atoms with van der Waals surface area (Å²) in [6.45, 7) is 2.80. The fourth-order valence-corrected chi connectivity index (χ4v) is 3.21. The van der Waals surface area contributed by atoms with E-state index in [1.807, 2.05) is 24.3 Å².